The molecule has 8 nitrogen and oxygen atoms in total. The fourth-order valence-electron chi connectivity index (χ4n) is 5.47. The van der Waals surface area contributed by atoms with E-state index in [9.17, 15) is 9.50 Å². The van der Waals surface area contributed by atoms with Crippen LogP contribution < -0.4 is 15.0 Å². The van der Waals surface area contributed by atoms with E-state index in [1.54, 1.807) is 24.4 Å². The number of methoxy groups -OCH3 is 1. The van der Waals surface area contributed by atoms with Gasteiger partial charge in [0.25, 0.3) is 5.95 Å². The molecule has 0 radical (unpaired) electrons. The molecule has 1 aromatic carbocycles. The maximum atomic E-state index is 13.6. The number of rotatable bonds is 5. The predicted molar refractivity (Wildman–Crippen MR) is 127 cm³/mol. The zero-order valence-electron chi connectivity index (χ0n) is 19.8. The van der Waals surface area contributed by atoms with E-state index in [-0.39, 0.29) is 22.6 Å². The second kappa shape index (κ2) is 8.16. The van der Waals surface area contributed by atoms with Crippen LogP contribution in [0.25, 0.3) is 22.5 Å². The number of ether oxygens (including phenoxy) is 1. The maximum absolute atomic E-state index is 13.6. The molecule has 2 bridgehead atoms. The van der Waals surface area contributed by atoms with Crippen molar-refractivity contribution in [3.05, 3.63) is 42.6 Å². The summed E-state index contributed by atoms with van der Waals surface area (Å²) in [5, 5.41) is 23.2. The Labute approximate surface area is 198 Å². The Kier molecular flexibility index (Phi) is 5.39. The Morgan fingerprint density at radius 2 is 1.79 bits per heavy atom. The summed E-state index contributed by atoms with van der Waals surface area (Å²) in [6.45, 7) is 4.60. The smallest absolute Gasteiger partial charge is 0.255 e. The molecule has 0 amide bonds. The number of piperidine rings is 1. The molecule has 0 saturated carbocycles. The van der Waals surface area contributed by atoms with Gasteiger partial charge in [-0.25, -0.2) is 9.97 Å². The quantitative estimate of drug-likeness (QED) is 0.548. The van der Waals surface area contributed by atoms with Gasteiger partial charge in [-0.3, -0.25) is 0 Å². The van der Waals surface area contributed by atoms with Gasteiger partial charge >= 0.3 is 0 Å². The van der Waals surface area contributed by atoms with Crippen molar-refractivity contribution in [2.75, 3.05) is 19.1 Å². The van der Waals surface area contributed by atoms with Crippen LogP contribution in [0.5, 0.6) is 11.5 Å². The Bertz CT molecular complexity index is 1200. The number of phenolic OH excluding ortho intramolecular Hbond substituents is 1. The second-order valence-electron chi connectivity index (χ2n) is 10.0. The highest BCUT2D eigenvalue weighted by Crippen LogP contribution is 2.43. The molecule has 2 aliphatic rings. The Balaban J connectivity index is 1.35. The molecular weight excluding hydrogens is 435 g/mol. The van der Waals surface area contributed by atoms with Crippen molar-refractivity contribution >= 4 is 5.82 Å². The third-order valence-electron chi connectivity index (χ3n) is 7.26. The SMILES string of the molecule is COc1cc(-c2ccc(-c3ncc(N(C)[C@H]4C[C@]5(C)CC[C@](C)(C4)N5)nn3)c(O)c2)cnc1F. The molecule has 3 aromatic rings. The van der Waals surface area contributed by atoms with E-state index in [4.69, 9.17) is 4.74 Å². The molecule has 34 heavy (non-hydrogen) atoms. The van der Waals surface area contributed by atoms with Crippen molar-refractivity contribution in [3.8, 4) is 34.0 Å². The molecule has 5 rings (SSSR count). The van der Waals surface area contributed by atoms with Gasteiger partial charge in [0.2, 0.25) is 0 Å². The van der Waals surface area contributed by atoms with E-state index < -0.39 is 5.95 Å². The normalized spacial score (nSPS) is 25.9. The van der Waals surface area contributed by atoms with Crippen LogP contribution in [0.3, 0.4) is 0 Å². The number of benzene rings is 1. The fraction of sp³-hybridized carbons (Fsp3) is 0.440. The van der Waals surface area contributed by atoms with Gasteiger partial charge in [-0.2, -0.15) is 4.39 Å². The first kappa shape index (κ1) is 22.5. The molecule has 3 atom stereocenters. The third-order valence-corrected chi connectivity index (χ3v) is 7.26. The standard InChI is InChI=1S/C25H29FN6O2/c1-24-7-8-25(2,31-24)12-17(11-24)32(3)21-14-28-23(30-29-21)18-6-5-15(9-19(18)33)16-10-20(34-4)22(26)27-13-16/h5-6,9-10,13-14,17,31,33H,7-8,11-12H2,1-4H3/t17-,24-,25+. The first-order valence-corrected chi connectivity index (χ1v) is 11.4. The number of pyridine rings is 1. The highest BCUT2D eigenvalue weighted by molar-refractivity contribution is 5.73. The first-order valence-electron chi connectivity index (χ1n) is 11.4. The zero-order chi connectivity index (χ0) is 24.1. The van der Waals surface area contributed by atoms with E-state index >= 15 is 0 Å². The predicted octanol–water partition coefficient (Wildman–Crippen LogP) is 3.95. The van der Waals surface area contributed by atoms with Gasteiger partial charge in [0.05, 0.1) is 18.9 Å². The molecule has 0 aliphatic carbocycles. The molecule has 2 saturated heterocycles. The van der Waals surface area contributed by atoms with Crippen LogP contribution in [0, 0.1) is 5.95 Å². The van der Waals surface area contributed by atoms with E-state index in [0.717, 1.165) is 12.8 Å². The number of halogens is 1. The van der Waals surface area contributed by atoms with Gasteiger partial charge in [0.1, 0.15) is 5.75 Å². The van der Waals surface area contributed by atoms with Crippen molar-refractivity contribution in [3.63, 3.8) is 0 Å². The summed E-state index contributed by atoms with van der Waals surface area (Å²) in [6.07, 6.45) is 7.57. The molecule has 2 aliphatic heterocycles. The number of hydrogen-bond donors (Lipinski definition) is 2. The fourth-order valence-corrected chi connectivity index (χ4v) is 5.47. The van der Waals surface area contributed by atoms with Crippen molar-refractivity contribution in [2.24, 2.45) is 0 Å². The molecule has 178 valence electrons. The molecule has 2 fully saturated rings. The number of nitrogens with zero attached hydrogens (tertiary/aromatic N) is 5. The highest BCUT2D eigenvalue weighted by Gasteiger charge is 2.49. The monoisotopic (exact) mass is 464 g/mol. The number of fused-ring (bicyclic) bond motifs is 2. The highest BCUT2D eigenvalue weighted by atomic mass is 19.1. The first-order chi connectivity index (χ1) is 16.2. The van der Waals surface area contributed by atoms with Gasteiger partial charge in [0.15, 0.2) is 17.4 Å². The number of phenols is 1. The van der Waals surface area contributed by atoms with Crippen molar-refractivity contribution < 1.29 is 14.2 Å². The van der Waals surface area contributed by atoms with Crippen LogP contribution in [0.4, 0.5) is 10.2 Å². The summed E-state index contributed by atoms with van der Waals surface area (Å²) >= 11 is 0. The molecule has 0 spiro atoms. The van der Waals surface area contributed by atoms with Gasteiger partial charge in [-0.15, -0.1) is 10.2 Å². The van der Waals surface area contributed by atoms with Crippen molar-refractivity contribution in [1.82, 2.24) is 25.5 Å². The molecule has 0 unspecified atom stereocenters. The Hall–Kier alpha value is -3.33. The molecule has 2 aromatic heterocycles. The van der Waals surface area contributed by atoms with Crippen LogP contribution >= 0.6 is 0 Å². The van der Waals surface area contributed by atoms with Gasteiger partial charge in [-0.1, -0.05) is 6.07 Å². The molecule has 4 heterocycles. The molecule has 9 heteroatoms. The summed E-state index contributed by atoms with van der Waals surface area (Å²) < 4.78 is 18.6. The number of anilines is 1. The number of hydrogen-bond acceptors (Lipinski definition) is 8. The lowest BCUT2D eigenvalue weighted by Gasteiger charge is -2.45. The van der Waals surface area contributed by atoms with E-state index in [1.807, 2.05) is 7.05 Å². The topological polar surface area (TPSA) is 96.3 Å². The lowest BCUT2D eigenvalue weighted by molar-refractivity contribution is 0.207. The summed E-state index contributed by atoms with van der Waals surface area (Å²) in [4.78, 5) is 10.4. The summed E-state index contributed by atoms with van der Waals surface area (Å²) in [7, 11) is 3.43. The van der Waals surface area contributed by atoms with Crippen molar-refractivity contribution in [2.45, 2.75) is 56.7 Å². The van der Waals surface area contributed by atoms with E-state index in [1.165, 1.54) is 32.2 Å². The zero-order valence-corrected chi connectivity index (χ0v) is 19.8. The van der Waals surface area contributed by atoms with E-state index in [2.05, 4.69) is 44.2 Å². The van der Waals surface area contributed by atoms with Gasteiger partial charge < -0.3 is 20.1 Å². The third kappa shape index (κ3) is 4.04. The minimum atomic E-state index is -0.683. The summed E-state index contributed by atoms with van der Waals surface area (Å²) in [6, 6.07) is 6.97. The minimum absolute atomic E-state index is 0.000485. The van der Waals surface area contributed by atoms with Crippen molar-refractivity contribution in [1.29, 1.82) is 0 Å². The second-order valence-corrected chi connectivity index (χ2v) is 10.0. The lowest BCUT2D eigenvalue weighted by atomic mass is 9.84. The summed E-state index contributed by atoms with van der Waals surface area (Å²) in [5.41, 5.74) is 2.06. The average molecular weight is 465 g/mol. The number of aromatic hydroxyl groups is 1. The average Bonchev–Trinajstić information content (AvgIpc) is 3.05. The van der Waals surface area contributed by atoms with Gasteiger partial charge in [-0.05, 0) is 63.3 Å². The van der Waals surface area contributed by atoms with Crippen LogP contribution in [0.1, 0.15) is 39.5 Å². The molecular formula is C25H29FN6O2. The number of nitrogens with one attached hydrogen (secondary N) is 1. The number of aromatic nitrogens is 4. The maximum Gasteiger partial charge on any atom is 0.255 e. The van der Waals surface area contributed by atoms with Crippen LogP contribution in [-0.4, -0.2) is 56.5 Å². The molecule has 2 N–H and O–H groups in total. The Morgan fingerprint density at radius 3 is 2.41 bits per heavy atom. The minimum Gasteiger partial charge on any atom is -0.507 e. The van der Waals surface area contributed by atoms with Crippen LogP contribution in [-0.2, 0) is 0 Å². The van der Waals surface area contributed by atoms with Crippen LogP contribution in [0.15, 0.2) is 36.7 Å². The largest absolute Gasteiger partial charge is 0.507 e. The lowest BCUT2D eigenvalue weighted by Crippen LogP contribution is -2.58. The van der Waals surface area contributed by atoms with Crippen LogP contribution in [0.2, 0.25) is 0 Å². The summed E-state index contributed by atoms with van der Waals surface area (Å²) in [5.74, 6) is 0.401. The Morgan fingerprint density at radius 1 is 1.06 bits per heavy atom. The van der Waals surface area contributed by atoms with E-state index in [0.29, 0.717) is 34.4 Å². The van der Waals surface area contributed by atoms with Gasteiger partial charge in [0, 0.05) is 35.9 Å².